The molecule has 0 N–H and O–H groups in total. The van der Waals surface area contributed by atoms with Crippen LogP contribution >= 0.6 is 0 Å². The van der Waals surface area contributed by atoms with Gasteiger partial charge in [-0.15, -0.1) is 0 Å². The van der Waals surface area contributed by atoms with E-state index >= 15 is 0 Å². The predicted molar refractivity (Wildman–Crippen MR) is 244 cm³/mol. The van der Waals surface area contributed by atoms with Gasteiger partial charge in [-0.2, -0.15) is 0 Å². The van der Waals surface area contributed by atoms with Crippen molar-refractivity contribution >= 4 is 23.9 Å². The third-order valence-electron chi connectivity index (χ3n) is 14.0. The first-order valence-electron chi connectivity index (χ1n) is 22.8. The maximum atomic E-state index is 14.2. The Morgan fingerprint density at radius 2 is 1.15 bits per heavy atom. The lowest BCUT2D eigenvalue weighted by Crippen LogP contribution is -2.64. The van der Waals surface area contributed by atoms with Gasteiger partial charge >= 0.3 is 23.9 Å². The molecule has 4 aliphatic rings. The Hall–Kier alpha value is -6.56. The third-order valence-corrected chi connectivity index (χ3v) is 14.0. The van der Waals surface area contributed by atoms with E-state index in [0.717, 1.165) is 37.9 Å². The van der Waals surface area contributed by atoms with E-state index in [2.05, 4.69) is 37.3 Å². The molecule has 0 amide bonds. The van der Waals surface area contributed by atoms with Gasteiger partial charge in [0.1, 0.15) is 18.5 Å². The number of hydrogen-bond donors (Lipinski definition) is 0. The van der Waals surface area contributed by atoms with E-state index in [1.54, 1.807) is 128 Å². The van der Waals surface area contributed by atoms with Crippen LogP contribution in [0.2, 0.25) is 0 Å². The molecule has 0 aromatic heterocycles. The SMILES string of the molecule is COc1ccc2c(c1)CC[C@@H]1[C@@H]2CC[C@]2(C)[C@H](O[C@@H]3O[C@H](COC(=O)c4ccccc4)[C@H](OC(=O)c4ccccc4)[C@H](OC(=O)c4ccccc4)[C@H]3OC(=O)c3ccccc3)CC=CC[C@@H]12. The van der Waals surface area contributed by atoms with Crippen LogP contribution in [0.15, 0.2) is 152 Å². The maximum absolute atomic E-state index is 14.2. The normalized spacial score (nSPS) is 27.6. The van der Waals surface area contributed by atoms with Crippen molar-refractivity contribution in [3.63, 3.8) is 0 Å². The zero-order valence-corrected chi connectivity index (χ0v) is 37.1. The van der Waals surface area contributed by atoms with Gasteiger partial charge < -0.3 is 33.2 Å². The molecule has 1 saturated carbocycles. The number of aryl methyl sites for hydroxylation is 1. The number of benzene rings is 5. The second-order valence-corrected chi connectivity index (χ2v) is 17.8. The molecule has 0 unspecified atom stereocenters. The molecule has 3 aliphatic carbocycles. The topological polar surface area (TPSA) is 133 Å². The molecule has 340 valence electrons. The van der Waals surface area contributed by atoms with E-state index < -0.39 is 67.3 Å². The van der Waals surface area contributed by atoms with E-state index in [0.29, 0.717) is 23.8 Å². The molecule has 66 heavy (non-hydrogen) atoms. The molecule has 0 radical (unpaired) electrons. The summed E-state index contributed by atoms with van der Waals surface area (Å²) in [4.78, 5) is 56.0. The average molecular weight is 891 g/mol. The van der Waals surface area contributed by atoms with Gasteiger partial charge in [-0.25, -0.2) is 19.2 Å². The summed E-state index contributed by atoms with van der Waals surface area (Å²) in [6.45, 7) is 1.86. The molecule has 5 aromatic rings. The number of carbonyl (C=O) groups is 4. The molecule has 1 saturated heterocycles. The molecule has 1 heterocycles. The van der Waals surface area contributed by atoms with Crippen LogP contribution in [0.1, 0.15) is 97.5 Å². The number of fused-ring (bicyclic) bond motifs is 5. The van der Waals surface area contributed by atoms with Crippen LogP contribution < -0.4 is 4.74 Å². The van der Waals surface area contributed by atoms with Crippen molar-refractivity contribution in [3.05, 3.63) is 185 Å². The Kier molecular flexibility index (Phi) is 13.5. The van der Waals surface area contributed by atoms with E-state index in [1.165, 1.54) is 11.1 Å². The van der Waals surface area contributed by atoms with Gasteiger partial charge in [0.05, 0.1) is 35.5 Å². The van der Waals surface area contributed by atoms with Crippen molar-refractivity contribution in [2.24, 2.45) is 17.3 Å². The van der Waals surface area contributed by atoms with Crippen LogP contribution in [0.4, 0.5) is 0 Å². The Balaban J connectivity index is 1.10. The smallest absolute Gasteiger partial charge is 0.338 e. The van der Waals surface area contributed by atoms with Crippen molar-refractivity contribution < 1.29 is 52.3 Å². The van der Waals surface area contributed by atoms with Crippen LogP contribution in [-0.2, 0) is 34.8 Å². The van der Waals surface area contributed by atoms with Crippen LogP contribution in [0.25, 0.3) is 0 Å². The van der Waals surface area contributed by atoms with E-state index in [4.69, 9.17) is 33.2 Å². The highest BCUT2D eigenvalue weighted by Gasteiger charge is 2.57. The number of ether oxygens (including phenoxy) is 7. The number of allylic oxidation sites excluding steroid dienone is 1. The second-order valence-electron chi connectivity index (χ2n) is 17.8. The molecular weight excluding hydrogens is 837 g/mol. The minimum absolute atomic E-state index is 0.211. The lowest BCUT2D eigenvalue weighted by molar-refractivity contribution is -0.320. The molecule has 10 atom stereocenters. The lowest BCUT2D eigenvalue weighted by atomic mass is 9.52. The second kappa shape index (κ2) is 19.9. The van der Waals surface area contributed by atoms with Crippen LogP contribution in [0.3, 0.4) is 0 Å². The molecule has 5 aromatic carbocycles. The number of carbonyl (C=O) groups excluding carboxylic acids is 4. The van der Waals surface area contributed by atoms with Crippen LogP contribution in [-0.4, -0.2) is 74.4 Å². The molecule has 11 heteroatoms. The fraction of sp³-hybridized carbons (Fsp3) is 0.345. The minimum atomic E-state index is -1.51. The maximum Gasteiger partial charge on any atom is 0.338 e. The van der Waals surface area contributed by atoms with Crippen LogP contribution in [0, 0.1) is 17.3 Å². The Morgan fingerprint density at radius 1 is 0.621 bits per heavy atom. The van der Waals surface area contributed by atoms with Gasteiger partial charge in [-0.05, 0) is 133 Å². The van der Waals surface area contributed by atoms with E-state index in [1.807, 2.05) is 0 Å². The molecule has 0 bridgehead atoms. The number of rotatable bonds is 12. The summed E-state index contributed by atoms with van der Waals surface area (Å²) in [6.07, 6.45) is 2.02. The number of hydrogen-bond acceptors (Lipinski definition) is 11. The highest BCUT2D eigenvalue weighted by molar-refractivity contribution is 5.91. The molecule has 2 fully saturated rings. The summed E-state index contributed by atoms with van der Waals surface area (Å²) in [5.74, 6) is -1.04. The van der Waals surface area contributed by atoms with Crippen LogP contribution in [0.5, 0.6) is 5.75 Å². The van der Waals surface area contributed by atoms with E-state index in [9.17, 15) is 19.2 Å². The van der Waals surface area contributed by atoms with Crippen molar-refractivity contribution in [2.75, 3.05) is 13.7 Å². The highest BCUT2D eigenvalue weighted by Crippen LogP contribution is 2.59. The molecule has 1 aliphatic heterocycles. The monoisotopic (exact) mass is 890 g/mol. The first-order chi connectivity index (χ1) is 32.2. The first-order valence-corrected chi connectivity index (χ1v) is 22.8. The first kappa shape index (κ1) is 44.6. The minimum Gasteiger partial charge on any atom is -0.497 e. The molecule has 9 rings (SSSR count). The molecule has 11 nitrogen and oxygen atoms in total. The fourth-order valence-corrected chi connectivity index (χ4v) is 10.6. The van der Waals surface area contributed by atoms with Crippen molar-refractivity contribution in [1.29, 1.82) is 0 Å². The highest BCUT2D eigenvalue weighted by atomic mass is 16.7. The summed E-state index contributed by atoms with van der Waals surface area (Å²) < 4.78 is 44.6. The standard InChI is InChI=1S/C55H54O11/c1-55-32-31-42-41-30-28-40(60-2)33-39(41)27-29-43(42)44(55)25-15-16-26-46(55)63-54-49(66-53(59)38-23-13-6-14-24-38)48(65-52(58)37-21-11-5-12-22-37)47(64-51(57)36-19-9-4-10-20-36)45(62-54)34-61-50(56)35-17-7-3-8-18-35/h3-24,28,30,33,42-49,54H,25-27,29,31-32,34H2,1-2H3/t42-,43-,44+,45-,46-,47+,48+,49-,54+,55+/m1/s1. The number of methoxy groups -OCH3 is 1. The number of esters is 4. The van der Waals surface area contributed by atoms with Gasteiger partial charge in [0.15, 0.2) is 24.6 Å². The summed E-state index contributed by atoms with van der Waals surface area (Å²) in [7, 11) is 1.70. The van der Waals surface area contributed by atoms with Gasteiger partial charge in [0.25, 0.3) is 0 Å². The van der Waals surface area contributed by atoms with Crippen molar-refractivity contribution in [2.45, 2.75) is 88.2 Å². The summed E-state index contributed by atoms with van der Waals surface area (Å²) >= 11 is 0. The zero-order chi connectivity index (χ0) is 45.6. The van der Waals surface area contributed by atoms with Crippen molar-refractivity contribution in [1.82, 2.24) is 0 Å². The van der Waals surface area contributed by atoms with Gasteiger partial charge in [0, 0.05) is 0 Å². The average Bonchev–Trinajstić information content (AvgIpc) is 3.53. The summed E-state index contributed by atoms with van der Waals surface area (Å²) in [5.41, 5.74) is 3.31. The zero-order valence-electron chi connectivity index (χ0n) is 37.1. The summed E-state index contributed by atoms with van der Waals surface area (Å²) in [6, 6.07) is 40.1. The Labute approximate surface area is 385 Å². The predicted octanol–water partition coefficient (Wildman–Crippen LogP) is 9.75. The molecular formula is C55H54O11. The van der Waals surface area contributed by atoms with E-state index in [-0.39, 0.29) is 28.0 Å². The largest absolute Gasteiger partial charge is 0.497 e. The van der Waals surface area contributed by atoms with Crippen molar-refractivity contribution in [3.8, 4) is 5.75 Å². The summed E-state index contributed by atoms with van der Waals surface area (Å²) in [5, 5.41) is 0. The quantitative estimate of drug-likeness (QED) is 0.0674. The third kappa shape index (κ3) is 9.41. The van der Waals surface area contributed by atoms with Gasteiger partial charge in [-0.3, -0.25) is 0 Å². The van der Waals surface area contributed by atoms with Gasteiger partial charge in [0.2, 0.25) is 0 Å². The fourth-order valence-electron chi connectivity index (χ4n) is 10.6. The van der Waals surface area contributed by atoms with Gasteiger partial charge in [-0.1, -0.05) is 97.9 Å². The Morgan fingerprint density at radius 3 is 1.73 bits per heavy atom. The molecule has 0 spiro atoms. The lowest BCUT2D eigenvalue weighted by Gasteiger charge is -2.55. The Bertz CT molecular complexity index is 2510.